The van der Waals surface area contributed by atoms with Crippen LogP contribution in [0.25, 0.3) is 0 Å². The third kappa shape index (κ3) is 1.27. The maximum Gasteiger partial charge on any atom is 0.174 e. The molecule has 0 amide bonds. The van der Waals surface area contributed by atoms with Gasteiger partial charge in [0.05, 0.1) is 18.1 Å². The number of ketones is 1. The summed E-state index contributed by atoms with van der Waals surface area (Å²) >= 11 is 0. The molecule has 1 aromatic rings. The molecule has 1 aromatic carbocycles. The third-order valence-electron chi connectivity index (χ3n) is 6.58. The van der Waals surface area contributed by atoms with Crippen molar-refractivity contribution < 1.29 is 19.4 Å². The highest BCUT2D eigenvalue weighted by Crippen LogP contribution is 2.66. The van der Waals surface area contributed by atoms with Crippen molar-refractivity contribution in [2.75, 3.05) is 7.11 Å². The lowest BCUT2D eigenvalue weighted by atomic mass is 9.45. The Hall–Kier alpha value is -1.88. The second-order valence-corrected chi connectivity index (χ2v) is 7.27. The largest absolute Gasteiger partial charge is 0.493 e. The first-order chi connectivity index (χ1) is 11.0. The number of nitrogens with one attached hydrogen (secondary N) is 1. The first-order valence-electron chi connectivity index (χ1n) is 8.22. The molecule has 1 spiro atoms. The van der Waals surface area contributed by atoms with E-state index in [4.69, 9.17) is 14.9 Å². The van der Waals surface area contributed by atoms with Crippen LogP contribution in [0.3, 0.4) is 0 Å². The minimum atomic E-state index is -1.05. The van der Waals surface area contributed by atoms with Crippen LogP contribution in [0, 0.1) is 11.3 Å². The fraction of sp³-hybridized carbons (Fsp3) is 0.556. The van der Waals surface area contributed by atoms with Gasteiger partial charge in [0.15, 0.2) is 23.4 Å². The lowest BCUT2D eigenvalue weighted by Gasteiger charge is -2.59. The van der Waals surface area contributed by atoms with Gasteiger partial charge < -0.3 is 20.0 Å². The quantitative estimate of drug-likeness (QED) is 0.828. The smallest absolute Gasteiger partial charge is 0.174 e. The third-order valence-corrected chi connectivity index (χ3v) is 6.58. The molecule has 0 unspecified atom stereocenters. The first kappa shape index (κ1) is 13.5. The molecule has 3 aliphatic carbocycles. The summed E-state index contributed by atoms with van der Waals surface area (Å²) in [6.45, 7) is 0. The minimum absolute atomic E-state index is 0.0629. The second kappa shape index (κ2) is 3.96. The van der Waals surface area contributed by atoms with Crippen molar-refractivity contribution in [1.29, 1.82) is 5.41 Å². The Labute approximate surface area is 134 Å². The molecule has 2 saturated carbocycles. The molecule has 2 N–H and O–H groups in total. The maximum absolute atomic E-state index is 12.6. The zero-order valence-electron chi connectivity index (χ0n) is 13.0. The average Bonchev–Trinajstić information content (AvgIpc) is 2.90. The van der Waals surface area contributed by atoms with E-state index in [-0.39, 0.29) is 11.7 Å². The molecule has 4 aliphatic rings. The van der Waals surface area contributed by atoms with Gasteiger partial charge in [-0.2, -0.15) is 0 Å². The second-order valence-electron chi connectivity index (χ2n) is 7.27. The van der Waals surface area contributed by atoms with Crippen molar-refractivity contribution in [3.8, 4) is 11.5 Å². The van der Waals surface area contributed by atoms with Gasteiger partial charge in [-0.3, -0.25) is 4.79 Å². The van der Waals surface area contributed by atoms with Gasteiger partial charge in [0.2, 0.25) is 0 Å². The number of aliphatic hydroxyl groups is 1. The van der Waals surface area contributed by atoms with Gasteiger partial charge in [0, 0.05) is 23.6 Å². The molecule has 5 nitrogen and oxygen atoms in total. The van der Waals surface area contributed by atoms with Crippen LogP contribution in [-0.2, 0) is 16.6 Å². The molecule has 1 heterocycles. The SMILES string of the molecule is COc1ccc2c3c1O[C@H]1C(=O)CC[C@@]4(O)[C@@H](C2)C(=N)CC[C@]314. The Morgan fingerprint density at radius 3 is 2.96 bits per heavy atom. The molecule has 0 radical (unpaired) electrons. The van der Waals surface area contributed by atoms with Crippen LogP contribution < -0.4 is 9.47 Å². The van der Waals surface area contributed by atoms with E-state index in [1.165, 1.54) is 0 Å². The predicted molar refractivity (Wildman–Crippen MR) is 82.4 cm³/mol. The average molecular weight is 313 g/mol. The van der Waals surface area contributed by atoms with Gasteiger partial charge in [-0.05, 0) is 37.3 Å². The molecule has 0 saturated heterocycles. The lowest BCUT2D eigenvalue weighted by molar-refractivity contribution is -0.162. The predicted octanol–water partition coefficient (Wildman–Crippen LogP) is 1.77. The van der Waals surface area contributed by atoms with Crippen molar-refractivity contribution >= 4 is 11.5 Å². The van der Waals surface area contributed by atoms with E-state index >= 15 is 0 Å². The van der Waals surface area contributed by atoms with Crippen LogP contribution in [0.5, 0.6) is 11.5 Å². The van der Waals surface area contributed by atoms with Gasteiger partial charge in [0.1, 0.15) is 0 Å². The summed E-state index contributed by atoms with van der Waals surface area (Å²) < 4.78 is 11.5. The minimum Gasteiger partial charge on any atom is -0.493 e. The number of hydrogen-bond donors (Lipinski definition) is 2. The van der Waals surface area contributed by atoms with Crippen molar-refractivity contribution in [1.82, 2.24) is 0 Å². The molecule has 23 heavy (non-hydrogen) atoms. The van der Waals surface area contributed by atoms with Gasteiger partial charge in [-0.15, -0.1) is 0 Å². The zero-order chi connectivity index (χ0) is 16.0. The van der Waals surface area contributed by atoms with E-state index in [0.717, 1.165) is 11.1 Å². The molecule has 5 heteroatoms. The highest BCUT2D eigenvalue weighted by Gasteiger charge is 2.72. The van der Waals surface area contributed by atoms with Gasteiger partial charge in [-0.25, -0.2) is 0 Å². The fourth-order valence-electron chi connectivity index (χ4n) is 5.61. The maximum atomic E-state index is 12.6. The molecule has 5 rings (SSSR count). The van der Waals surface area contributed by atoms with Crippen molar-refractivity contribution in [3.63, 3.8) is 0 Å². The summed E-state index contributed by atoms with van der Waals surface area (Å²) in [4.78, 5) is 12.6. The summed E-state index contributed by atoms with van der Waals surface area (Å²) in [5, 5.41) is 20.0. The number of benzene rings is 1. The summed E-state index contributed by atoms with van der Waals surface area (Å²) in [5.74, 6) is 1.12. The molecule has 1 aliphatic heterocycles. The topological polar surface area (TPSA) is 79.6 Å². The Morgan fingerprint density at radius 1 is 1.35 bits per heavy atom. The molecule has 4 atom stereocenters. The summed E-state index contributed by atoms with van der Waals surface area (Å²) in [7, 11) is 1.59. The monoisotopic (exact) mass is 313 g/mol. The number of hydrogen-bond acceptors (Lipinski definition) is 5. The number of rotatable bonds is 1. The van der Waals surface area contributed by atoms with E-state index < -0.39 is 17.1 Å². The number of ether oxygens (including phenoxy) is 2. The standard InChI is InChI=1S/C18H19NO4/c1-22-13-3-2-9-8-10-11(19)4-6-17-14(9)15(13)23-16(17)12(20)5-7-18(10,17)21/h2-3,10,16,19,21H,4-8H2,1H3/t10-,16-,17-,18+/m0/s1. The summed E-state index contributed by atoms with van der Waals surface area (Å²) in [6, 6.07) is 3.88. The molecule has 0 aromatic heterocycles. The van der Waals surface area contributed by atoms with E-state index in [2.05, 4.69) is 0 Å². The number of carbonyl (C=O) groups is 1. The van der Waals surface area contributed by atoms with E-state index in [0.29, 0.717) is 49.3 Å². The molecule has 120 valence electrons. The Bertz CT molecular complexity index is 773. The van der Waals surface area contributed by atoms with E-state index in [1.54, 1.807) is 7.11 Å². The first-order valence-corrected chi connectivity index (χ1v) is 8.22. The van der Waals surface area contributed by atoms with Crippen LogP contribution in [0.2, 0.25) is 0 Å². The van der Waals surface area contributed by atoms with Gasteiger partial charge >= 0.3 is 0 Å². The van der Waals surface area contributed by atoms with Crippen molar-refractivity contribution in [2.24, 2.45) is 5.92 Å². The highest BCUT2D eigenvalue weighted by molar-refractivity contribution is 5.94. The number of Topliss-reactive ketones (excluding diaryl/α,β-unsaturated/α-hetero) is 1. The van der Waals surface area contributed by atoms with E-state index in [1.807, 2.05) is 12.1 Å². The summed E-state index contributed by atoms with van der Waals surface area (Å²) in [5.41, 5.74) is 0.931. The molecule has 2 fully saturated rings. The lowest BCUT2D eigenvalue weighted by Crippen LogP contribution is -2.71. The fourth-order valence-corrected chi connectivity index (χ4v) is 5.61. The van der Waals surface area contributed by atoms with E-state index in [9.17, 15) is 9.90 Å². The molecular weight excluding hydrogens is 294 g/mol. The number of methoxy groups -OCH3 is 1. The van der Waals surface area contributed by atoms with Crippen LogP contribution in [0.1, 0.15) is 36.8 Å². The van der Waals surface area contributed by atoms with Crippen LogP contribution in [-0.4, -0.2) is 35.4 Å². The molecule has 2 bridgehead atoms. The van der Waals surface area contributed by atoms with Crippen LogP contribution in [0.4, 0.5) is 0 Å². The normalized spacial score (nSPS) is 39.7. The molecular formula is C18H19NO4. The van der Waals surface area contributed by atoms with Gasteiger partial charge in [0.25, 0.3) is 0 Å². The highest BCUT2D eigenvalue weighted by atomic mass is 16.5. The zero-order valence-corrected chi connectivity index (χ0v) is 13.0. The summed E-state index contributed by atoms with van der Waals surface area (Å²) in [6.07, 6.45) is 1.97. The van der Waals surface area contributed by atoms with Gasteiger partial charge in [-0.1, -0.05) is 6.07 Å². The van der Waals surface area contributed by atoms with Crippen molar-refractivity contribution in [3.05, 3.63) is 23.3 Å². The number of carbonyl (C=O) groups excluding carboxylic acids is 1. The Balaban J connectivity index is 1.87. The van der Waals surface area contributed by atoms with Crippen LogP contribution in [0.15, 0.2) is 12.1 Å². The Kier molecular flexibility index (Phi) is 2.33. The van der Waals surface area contributed by atoms with Crippen molar-refractivity contribution in [2.45, 2.75) is 49.2 Å². The Morgan fingerprint density at radius 2 is 2.17 bits per heavy atom. The van der Waals surface area contributed by atoms with Crippen LogP contribution >= 0.6 is 0 Å².